The Kier molecular flexibility index (Phi) is 12.7. The number of aromatic nitrogens is 4. The Morgan fingerprint density at radius 3 is 1.76 bits per heavy atom. The lowest BCUT2D eigenvalue weighted by Crippen LogP contribution is -2.39. The average molecular weight is 743 g/mol. The van der Waals surface area contributed by atoms with Crippen molar-refractivity contribution in [2.24, 2.45) is 0 Å². The van der Waals surface area contributed by atoms with Crippen molar-refractivity contribution in [2.75, 3.05) is 57.4 Å². The van der Waals surface area contributed by atoms with E-state index in [4.69, 9.17) is 36.5 Å². The van der Waals surface area contributed by atoms with Crippen LogP contribution in [0.1, 0.15) is 11.1 Å². The molecule has 0 saturated heterocycles. The van der Waals surface area contributed by atoms with E-state index in [0.717, 1.165) is 5.69 Å². The predicted octanol–water partition coefficient (Wildman–Crippen LogP) is 4.60. The maximum atomic E-state index is 11.3. The Labute approximate surface area is 317 Å². The number of aliphatic hydroxyl groups excluding tert-OH is 3. The molecule has 14 heteroatoms. The molecule has 6 rings (SSSR count). The summed E-state index contributed by atoms with van der Waals surface area (Å²) in [5, 5.41) is 39.0. The number of rotatable bonds is 18. The summed E-state index contributed by atoms with van der Waals surface area (Å²) in [5.41, 5.74) is 3.88. The van der Waals surface area contributed by atoms with Gasteiger partial charge in [0.2, 0.25) is 0 Å². The number of methoxy groups -OCH3 is 1. The highest BCUT2D eigenvalue weighted by molar-refractivity contribution is 5.94. The Morgan fingerprint density at radius 1 is 0.673 bits per heavy atom. The quantitative estimate of drug-likeness (QED) is 0.0609. The number of anilines is 4. The highest BCUT2D eigenvalue weighted by atomic mass is 16.6. The van der Waals surface area contributed by atoms with Gasteiger partial charge in [-0.2, -0.15) is 0 Å². The zero-order valence-corrected chi connectivity index (χ0v) is 29.8. The number of nitrogens with one attached hydrogen (secondary N) is 2. The molecular weight excluding hydrogens is 704 g/mol. The summed E-state index contributed by atoms with van der Waals surface area (Å²) in [6.45, 7) is -0.694. The molecule has 6 aromatic rings. The standard InChI is InChI=1S/C41H38N6O8/c1-4-26-8-6-10-28(16-26)46-40-30-18-35(52-13-12-48)36(20-32(30)42-24-44-40)54-23-34(50)39(22-49)55-38-19-31-33(21-37(38)53-15-14-51-3)43-25-45-41(31)47-29-11-7-9-27(5-2)17-29/h1-2,6-11,16-21,24-25,34,39,48-50H,12-15,22-23H2,3H3,(H,42,44,46)(H,43,45,47). The number of aliphatic hydroxyl groups is 3. The van der Waals surface area contributed by atoms with Gasteiger partial charge in [-0.3, -0.25) is 0 Å². The minimum atomic E-state index is -1.35. The van der Waals surface area contributed by atoms with E-state index in [9.17, 15) is 15.3 Å². The van der Waals surface area contributed by atoms with Crippen LogP contribution in [0.5, 0.6) is 23.0 Å². The second-order valence-electron chi connectivity index (χ2n) is 11.9. The lowest BCUT2D eigenvalue weighted by molar-refractivity contribution is -0.0218. The van der Waals surface area contributed by atoms with Gasteiger partial charge in [0.25, 0.3) is 0 Å². The van der Waals surface area contributed by atoms with Gasteiger partial charge in [0.15, 0.2) is 29.1 Å². The molecule has 2 aromatic heterocycles. The molecule has 0 amide bonds. The Hall–Kier alpha value is -6.68. The van der Waals surface area contributed by atoms with Crippen LogP contribution in [0.2, 0.25) is 0 Å². The van der Waals surface area contributed by atoms with Gasteiger partial charge in [-0.1, -0.05) is 24.0 Å². The van der Waals surface area contributed by atoms with E-state index in [1.807, 2.05) is 48.5 Å². The molecule has 0 aliphatic carbocycles. The number of hydrogen-bond donors (Lipinski definition) is 5. The molecule has 2 atom stereocenters. The van der Waals surface area contributed by atoms with Crippen LogP contribution in [-0.2, 0) is 4.74 Å². The fourth-order valence-electron chi connectivity index (χ4n) is 5.48. The van der Waals surface area contributed by atoms with Crippen LogP contribution in [0.3, 0.4) is 0 Å². The zero-order valence-electron chi connectivity index (χ0n) is 29.8. The minimum absolute atomic E-state index is 0.0306. The van der Waals surface area contributed by atoms with Gasteiger partial charge in [-0.05, 0) is 48.5 Å². The van der Waals surface area contributed by atoms with E-state index in [-0.39, 0.29) is 43.7 Å². The van der Waals surface area contributed by atoms with Crippen LogP contribution in [-0.4, -0.2) is 94.2 Å². The summed E-state index contributed by atoms with van der Waals surface area (Å²) in [4.78, 5) is 17.6. The van der Waals surface area contributed by atoms with Crippen molar-refractivity contribution < 1.29 is 39.0 Å². The summed E-state index contributed by atoms with van der Waals surface area (Å²) in [7, 11) is 1.55. The Morgan fingerprint density at radius 2 is 1.22 bits per heavy atom. The van der Waals surface area contributed by atoms with Gasteiger partial charge in [-0.15, -0.1) is 12.8 Å². The third kappa shape index (κ3) is 9.47. The van der Waals surface area contributed by atoms with E-state index >= 15 is 0 Å². The summed E-state index contributed by atoms with van der Waals surface area (Å²) < 4.78 is 29.2. The van der Waals surface area contributed by atoms with E-state index < -0.39 is 18.8 Å². The monoisotopic (exact) mass is 742 g/mol. The van der Waals surface area contributed by atoms with Crippen molar-refractivity contribution in [3.8, 4) is 47.7 Å². The molecule has 55 heavy (non-hydrogen) atoms. The molecule has 0 radical (unpaired) electrons. The second kappa shape index (κ2) is 18.4. The summed E-state index contributed by atoms with van der Waals surface area (Å²) in [6, 6.07) is 21.3. The predicted molar refractivity (Wildman–Crippen MR) is 207 cm³/mol. The summed E-state index contributed by atoms with van der Waals surface area (Å²) >= 11 is 0. The topological polar surface area (TPSA) is 182 Å². The molecule has 0 aliphatic heterocycles. The van der Waals surface area contributed by atoms with Gasteiger partial charge in [0, 0.05) is 52.5 Å². The number of fused-ring (bicyclic) bond motifs is 2. The van der Waals surface area contributed by atoms with E-state index in [2.05, 4.69) is 42.4 Å². The first-order valence-corrected chi connectivity index (χ1v) is 17.1. The third-order valence-electron chi connectivity index (χ3n) is 8.18. The van der Waals surface area contributed by atoms with Crippen LogP contribution < -0.4 is 29.6 Å². The molecule has 280 valence electrons. The highest BCUT2D eigenvalue weighted by Crippen LogP contribution is 2.37. The van der Waals surface area contributed by atoms with Crippen molar-refractivity contribution in [2.45, 2.75) is 12.2 Å². The molecule has 5 N–H and O–H groups in total. The highest BCUT2D eigenvalue weighted by Gasteiger charge is 2.25. The van der Waals surface area contributed by atoms with Gasteiger partial charge < -0.3 is 49.6 Å². The van der Waals surface area contributed by atoms with Crippen LogP contribution in [0.4, 0.5) is 23.0 Å². The number of hydrogen-bond acceptors (Lipinski definition) is 14. The smallest absolute Gasteiger partial charge is 0.163 e. The Bertz CT molecular complexity index is 2340. The van der Waals surface area contributed by atoms with E-state index in [0.29, 0.717) is 62.6 Å². The third-order valence-corrected chi connectivity index (χ3v) is 8.18. The zero-order chi connectivity index (χ0) is 38.6. The van der Waals surface area contributed by atoms with Crippen LogP contribution in [0, 0.1) is 24.7 Å². The minimum Gasteiger partial charge on any atom is -0.487 e. The van der Waals surface area contributed by atoms with Crippen molar-refractivity contribution in [1.82, 2.24) is 19.9 Å². The van der Waals surface area contributed by atoms with Crippen LogP contribution >= 0.6 is 0 Å². The van der Waals surface area contributed by atoms with Crippen molar-refractivity contribution >= 4 is 44.8 Å². The summed E-state index contributed by atoms with van der Waals surface area (Å²) in [6.07, 6.45) is 11.5. The van der Waals surface area contributed by atoms with Crippen molar-refractivity contribution in [1.29, 1.82) is 0 Å². The Balaban J connectivity index is 1.25. The van der Waals surface area contributed by atoms with Gasteiger partial charge in [-0.25, -0.2) is 19.9 Å². The molecule has 4 aromatic carbocycles. The first-order chi connectivity index (χ1) is 26.9. The van der Waals surface area contributed by atoms with Gasteiger partial charge in [0.05, 0.1) is 30.9 Å². The molecule has 0 fully saturated rings. The normalized spacial score (nSPS) is 12.0. The first-order valence-electron chi connectivity index (χ1n) is 17.1. The van der Waals surface area contributed by atoms with Crippen molar-refractivity contribution in [3.05, 3.63) is 96.6 Å². The first kappa shape index (κ1) is 38.1. The number of benzene rings is 4. The van der Waals surface area contributed by atoms with Crippen molar-refractivity contribution in [3.63, 3.8) is 0 Å². The fraction of sp³-hybridized carbons (Fsp3) is 0.220. The lowest BCUT2D eigenvalue weighted by Gasteiger charge is -2.25. The molecule has 2 unspecified atom stereocenters. The van der Waals surface area contributed by atoms with Crippen LogP contribution in [0.15, 0.2) is 85.5 Å². The maximum absolute atomic E-state index is 11.3. The maximum Gasteiger partial charge on any atom is 0.163 e. The SMILES string of the molecule is C#Cc1cccc(Nc2ncnc3cc(OCC(O)C(CO)Oc4cc5c(Nc6cccc(C#C)c6)ncnc5cc4OCCOC)c(OCCO)cc23)c1. The molecule has 14 nitrogen and oxygen atoms in total. The average Bonchev–Trinajstić information content (AvgIpc) is 3.21. The lowest BCUT2D eigenvalue weighted by atomic mass is 10.1. The van der Waals surface area contributed by atoms with E-state index in [1.54, 1.807) is 31.4 Å². The largest absolute Gasteiger partial charge is 0.487 e. The fourth-order valence-corrected chi connectivity index (χ4v) is 5.48. The number of nitrogens with zero attached hydrogens (tertiary/aromatic N) is 4. The van der Waals surface area contributed by atoms with Gasteiger partial charge in [0.1, 0.15) is 50.2 Å². The molecule has 0 aliphatic rings. The number of terminal acetylenes is 2. The van der Waals surface area contributed by atoms with Crippen LogP contribution in [0.25, 0.3) is 21.8 Å². The molecular formula is C41H38N6O8. The van der Waals surface area contributed by atoms with E-state index in [1.165, 1.54) is 12.7 Å². The molecule has 0 spiro atoms. The van der Waals surface area contributed by atoms with Gasteiger partial charge >= 0.3 is 0 Å². The molecule has 0 bridgehead atoms. The second-order valence-corrected chi connectivity index (χ2v) is 11.9. The molecule has 2 heterocycles. The summed E-state index contributed by atoms with van der Waals surface area (Å²) in [5.74, 6) is 7.18. The molecule has 0 saturated carbocycles. The number of ether oxygens (including phenoxy) is 5.